The lowest BCUT2D eigenvalue weighted by Gasteiger charge is -2.11. The number of nitrogens with one attached hydrogen (secondary N) is 1. The van der Waals surface area contributed by atoms with Gasteiger partial charge in [-0.3, -0.25) is 4.79 Å². The van der Waals surface area contributed by atoms with Crippen molar-refractivity contribution in [3.8, 4) is 17.1 Å². The maximum Gasteiger partial charge on any atom is 0.338 e. The zero-order valence-corrected chi connectivity index (χ0v) is 16.9. The molecule has 0 saturated heterocycles. The Morgan fingerprint density at radius 2 is 2.00 bits per heavy atom. The van der Waals surface area contributed by atoms with Gasteiger partial charge in [-0.1, -0.05) is 16.8 Å². The second-order valence-corrected chi connectivity index (χ2v) is 6.79. The van der Waals surface area contributed by atoms with Crippen LogP contribution in [-0.2, 0) is 9.53 Å². The summed E-state index contributed by atoms with van der Waals surface area (Å²) in [7, 11) is 0. The summed E-state index contributed by atoms with van der Waals surface area (Å²) >= 11 is 6.03. The lowest BCUT2D eigenvalue weighted by molar-refractivity contribution is -0.119. The number of carbonyl (C=O) groups is 2. The first-order valence-electron chi connectivity index (χ1n) is 9.02. The first-order valence-corrected chi connectivity index (χ1v) is 9.39. The number of carbonyl (C=O) groups excluding carboxylic acids is 2. The van der Waals surface area contributed by atoms with Crippen LogP contribution in [0.1, 0.15) is 16.2 Å². The molecule has 1 amide bonds. The van der Waals surface area contributed by atoms with E-state index in [0.29, 0.717) is 33.7 Å². The van der Waals surface area contributed by atoms with Gasteiger partial charge in [-0.25, -0.2) is 14.5 Å². The van der Waals surface area contributed by atoms with Gasteiger partial charge in [0.1, 0.15) is 12.7 Å². The van der Waals surface area contributed by atoms with E-state index in [1.807, 2.05) is 0 Å². The van der Waals surface area contributed by atoms with E-state index in [4.69, 9.17) is 20.9 Å². The van der Waals surface area contributed by atoms with E-state index >= 15 is 0 Å². The summed E-state index contributed by atoms with van der Waals surface area (Å²) in [6.45, 7) is 1.23. The predicted octanol–water partition coefficient (Wildman–Crippen LogP) is 3.07. The molecule has 0 radical (unpaired) electrons. The molecule has 0 aliphatic carbocycles. The molecule has 0 bridgehead atoms. The SMILES string of the molecule is Cc1noc(-c2ccc(C(=O)OCC(=O)Nc3cc(Cl)ccc3-n3cncn3)cc2)n1. The van der Waals surface area contributed by atoms with Gasteiger partial charge >= 0.3 is 5.97 Å². The highest BCUT2D eigenvalue weighted by atomic mass is 35.5. The second-order valence-electron chi connectivity index (χ2n) is 6.35. The minimum Gasteiger partial charge on any atom is -0.452 e. The predicted molar refractivity (Wildman–Crippen MR) is 110 cm³/mol. The van der Waals surface area contributed by atoms with Crippen molar-refractivity contribution < 1.29 is 18.8 Å². The molecule has 156 valence electrons. The number of amides is 1. The quantitative estimate of drug-likeness (QED) is 0.455. The van der Waals surface area contributed by atoms with Crippen LogP contribution in [0.4, 0.5) is 5.69 Å². The van der Waals surface area contributed by atoms with Gasteiger partial charge in [0, 0.05) is 10.6 Å². The van der Waals surface area contributed by atoms with Crippen LogP contribution in [0.2, 0.25) is 5.02 Å². The van der Waals surface area contributed by atoms with Crippen LogP contribution in [0.3, 0.4) is 0 Å². The fraction of sp³-hybridized carbons (Fsp3) is 0.100. The standard InChI is InChI=1S/C20H15ClN6O4/c1-12-24-19(31-26-12)13-2-4-14(5-3-13)20(29)30-9-18(28)25-16-8-15(21)6-7-17(16)27-11-22-10-23-27/h2-8,10-11H,9H2,1H3,(H,25,28). The third-order valence-electron chi connectivity index (χ3n) is 4.13. The van der Waals surface area contributed by atoms with Crippen molar-refractivity contribution in [3.63, 3.8) is 0 Å². The van der Waals surface area contributed by atoms with Crippen molar-refractivity contribution in [1.82, 2.24) is 24.9 Å². The lowest BCUT2D eigenvalue weighted by Crippen LogP contribution is -2.21. The van der Waals surface area contributed by atoms with E-state index in [-0.39, 0.29) is 5.56 Å². The first kappa shape index (κ1) is 20.2. The highest BCUT2D eigenvalue weighted by Gasteiger charge is 2.14. The number of rotatable bonds is 6. The fourth-order valence-electron chi connectivity index (χ4n) is 2.70. The minimum absolute atomic E-state index is 0.277. The number of ether oxygens (including phenoxy) is 1. The maximum atomic E-state index is 12.3. The van der Waals surface area contributed by atoms with E-state index in [0.717, 1.165) is 0 Å². The van der Waals surface area contributed by atoms with Crippen molar-refractivity contribution in [2.75, 3.05) is 11.9 Å². The average Bonchev–Trinajstić information content (AvgIpc) is 3.44. The largest absolute Gasteiger partial charge is 0.452 e. The van der Waals surface area contributed by atoms with Gasteiger partial charge in [0.25, 0.3) is 11.8 Å². The summed E-state index contributed by atoms with van der Waals surface area (Å²) in [5, 5.41) is 10.8. The monoisotopic (exact) mass is 438 g/mol. The molecular formula is C20H15ClN6O4. The van der Waals surface area contributed by atoms with Crippen molar-refractivity contribution in [1.29, 1.82) is 0 Å². The number of aromatic nitrogens is 5. The smallest absolute Gasteiger partial charge is 0.338 e. The van der Waals surface area contributed by atoms with Crippen LogP contribution in [0.5, 0.6) is 0 Å². The van der Waals surface area contributed by atoms with Crippen LogP contribution in [0, 0.1) is 6.92 Å². The molecule has 0 fully saturated rings. The summed E-state index contributed by atoms with van der Waals surface area (Å²) < 4.78 is 11.7. The zero-order valence-electron chi connectivity index (χ0n) is 16.2. The normalized spacial score (nSPS) is 10.6. The van der Waals surface area contributed by atoms with Gasteiger partial charge in [-0.15, -0.1) is 0 Å². The molecule has 11 heteroatoms. The van der Waals surface area contributed by atoms with Gasteiger partial charge in [-0.05, 0) is 49.4 Å². The number of benzene rings is 2. The molecule has 0 spiro atoms. The number of halogens is 1. The van der Waals surface area contributed by atoms with Crippen LogP contribution >= 0.6 is 11.6 Å². The summed E-state index contributed by atoms with van der Waals surface area (Å²) in [5.74, 6) is -0.321. The Morgan fingerprint density at radius 3 is 2.68 bits per heavy atom. The highest BCUT2D eigenvalue weighted by molar-refractivity contribution is 6.31. The molecule has 2 aromatic heterocycles. The average molecular weight is 439 g/mol. The van der Waals surface area contributed by atoms with Crippen LogP contribution < -0.4 is 5.32 Å². The number of anilines is 1. The number of esters is 1. The third kappa shape index (κ3) is 4.75. The van der Waals surface area contributed by atoms with Gasteiger partial charge in [0.2, 0.25) is 0 Å². The van der Waals surface area contributed by atoms with E-state index in [2.05, 4.69) is 25.5 Å². The summed E-state index contributed by atoms with van der Waals surface area (Å²) in [6.07, 6.45) is 2.85. The fourth-order valence-corrected chi connectivity index (χ4v) is 2.88. The Bertz CT molecular complexity index is 1220. The van der Waals surface area contributed by atoms with Crippen molar-refractivity contribution in [2.45, 2.75) is 6.92 Å². The molecule has 1 N–H and O–H groups in total. The van der Waals surface area contributed by atoms with Crippen molar-refractivity contribution in [2.24, 2.45) is 0 Å². The molecule has 0 aliphatic heterocycles. The second kappa shape index (κ2) is 8.76. The van der Waals surface area contributed by atoms with E-state index in [1.54, 1.807) is 49.4 Å². The third-order valence-corrected chi connectivity index (χ3v) is 4.36. The Labute approximate surface area is 180 Å². The Hall–Kier alpha value is -4.05. The number of aryl methyl sites for hydroxylation is 1. The molecule has 2 aromatic carbocycles. The first-order chi connectivity index (χ1) is 15.0. The van der Waals surface area contributed by atoms with Gasteiger partial charge < -0.3 is 14.6 Å². The van der Waals surface area contributed by atoms with Gasteiger partial charge in [-0.2, -0.15) is 10.1 Å². The van der Waals surface area contributed by atoms with Crippen LogP contribution in [0.15, 0.2) is 59.6 Å². The van der Waals surface area contributed by atoms with Crippen LogP contribution in [0.25, 0.3) is 17.1 Å². The van der Waals surface area contributed by atoms with Crippen molar-refractivity contribution in [3.05, 3.63) is 71.5 Å². The Balaban J connectivity index is 1.38. The van der Waals surface area contributed by atoms with Crippen molar-refractivity contribution >= 4 is 29.2 Å². The van der Waals surface area contributed by atoms with E-state index in [9.17, 15) is 9.59 Å². The van der Waals surface area contributed by atoms with E-state index in [1.165, 1.54) is 17.3 Å². The molecule has 2 heterocycles. The number of hydrogen-bond donors (Lipinski definition) is 1. The maximum absolute atomic E-state index is 12.3. The van der Waals surface area contributed by atoms with Crippen LogP contribution in [-0.4, -0.2) is 43.4 Å². The Morgan fingerprint density at radius 1 is 1.19 bits per heavy atom. The minimum atomic E-state index is -0.647. The highest BCUT2D eigenvalue weighted by Crippen LogP contribution is 2.24. The molecule has 0 aliphatic rings. The zero-order chi connectivity index (χ0) is 21.8. The molecule has 31 heavy (non-hydrogen) atoms. The summed E-state index contributed by atoms with van der Waals surface area (Å²) in [5.41, 5.74) is 1.90. The molecule has 4 aromatic rings. The molecule has 4 rings (SSSR count). The molecule has 0 saturated carbocycles. The lowest BCUT2D eigenvalue weighted by atomic mass is 10.1. The Kier molecular flexibility index (Phi) is 5.72. The number of hydrogen-bond acceptors (Lipinski definition) is 8. The van der Waals surface area contributed by atoms with Gasteiger partial charge in [0.15, 0.2) is 12.4 Å². The molecule has 0 unspecified atom stereocenters. The topological polar surface area (TPSA) is 125 Å². The summed E-state index contributed by atoms with van der Waals surface area (Å²) in [6, 6.07) is 11.3. The molecular weight excluding hydrogens is 424 g/mol. The number of nitrogens with zero attached hydrogens (tertiary/aromatic N) is 5. The summed E-state index contributed by atoms with van der Waals surface area (Å²) in [4.78, 5) is 32.6. The molecule has 10 nitrogen and oxygen atoms in total. The molecule has 0 atom stereocenters. The van der Waals surface area contributed by atoms with E-state index < -0.39 is 18.5 Å². The van der Waals surface area contributed by atoms with Gasteiger partial charge in [0.05, 0.1) is 16.9 Å².